The molecule has 2 N–H and O–H groups in total. The summed E-state index contributed by atoms with van der Waals surface area (Å²) in [5, 5.41) is 18.9. The molecule has 1 aromatic heterocycles. The lowest BCUT2D eigenvalue weighted by Crippen LogP contribution is -1.95. The van der Waals surface area contributed by atoms with Crippen LogP contribution in [-0.4, -0.2) is 16.2 Å². The van der Waals surface area contributed by atoms with E-state index < -0.39 is 5.97 Å². The van der Waals surface area contributed by atoms with Crippen LogP contribution >= 0.6 is 15.9 Å². The van der Waals surface area contributed by atoms with Crippen molar-refractivity contribution in [1.82, 2.24) is 0 Å². The molecule has 1 aromatic carbocycles. The first kappa shape index (κ1) is 10.0. The van der Waals surface area contributed by atoms with Crippen LogP contribution in [0.4, 0.5) is 0 Å². The maximum atomic E-state index is 10.8. The van der Waals surface area contributed by atoms with Gasteiger partial charge in [-0.15, -0.1) is 0 Å². The van der Waals surface area contributed by atoms with Crippen LogP contribution in [-0.2, 0) is 0 Å². The number of furan rings is 1. The van der Waals surface area contributed by atoms with E-state index in [-0.39, 0.29) is 11.5 Å². The van der Waals surface area contributed by atoms with Crippen LogP contribution in [0.15, 0.2) is 21.0 Å². The molecule has 1 heterocycles. The molecular weight excluding hydrogens is 264 g/mol. The molecule has 2 aromatic rings. The Balaban J connectivity index is 2.89. The Morgan fingerprint density at radius 3 is 2.73 bits per heavy atom. The van der Waals surface area contributed by atoms with Gasteiger partial charge in [0.05, 0.1) is 4.47 Å². The first-order valence-corrected chi connectivity index (χ1v) is 4.95. The predicted molar refractivity (Wildman–Crippen MR) is 57.3 cm³/mol. The molecule has 0 unspecified atom stereocenters. The lowest BCUT2D eigenvalue weighted by molar-refractivity contribution is 0.0664. The zero-order valence-corrected chi connectivity index (χ0v) is 9.33. The van der Waals surface area contributed by atoms with E-state index >= 15 is 0 Å². The minimum absolute atomic E-state index is 0.0586. The van der Waals surface area contributed by atoms with Gasteiger partial charge in [0, 0.05) is 10.9 Å². The SMILES string of the molecule is Cc1c(C(=O)O)oc2ccc(O)c(Br)c12. The Bertz CT molecular complexity index is 556. The third kappa shape index (κ3) is 1.39. The highest BCUT2D eigenvalue weighted by molar-refractivity contribution is 9.10. The summed E-state index contributed by atoms with van der Waals surface area (Å²) < 4.78 is 5.61. The van der Waals surface area contributed by atoms with Crippen LogP contribution < -0.4 is 0 Å². The third-order valence-corrected chi connectivity index (χ3v) is 3.01. The fourth-order valence-corrected chi connectivity index (χ4v) is 2.11. The maximum absolute atomic E-state index is 10.8. The fraction of sp³-hybridized carbons (Fsp3) is 0.100. The molecular formula is C10H7BrO4. The number of carbonyl (C=O) groups is 1. The average molecular weight is 271 g/mol. The van der Waals surface area contributed by atoms with Crippen molar-refractivity contribution in [1.29, 1.82) is 0 Å². The number of aryl methyl sites for hydroxylation is 1. The summed E-state index contributed by atoms with van der Waals surface area (Å²) in [5.74, 6) is -1.16. The van der Waals surface area contributed by atoms with Crippen molar-refractivity contribution in [2.75, 3.05) is 0 Å². The van der Waals surface area contributed by atoms with E-state index in [0.717, 1.165) is 0 Å². The molecule has 0 atom stereocenters. The predicted octanol–water partition coefficient (Wildman–Crippen LogP) is 2.91. The van der Waals surface area contributed by atoms with Gasteiger partial charge >= 0.3 is 5.97 Å². The summed E-state index contributed by atoms with van der Waals surface area (Å²) in [6.07, 6.45) is 0. The monoisotopic (exact) mass is 270 g/mol. The zero-order chi connectivity index (χ0) is 11.2. The van der Waals surface area contributed by atoms with Crippen molar-refractivity contribution in [3.05, 3.63) is 27.9 Å². The second-order valence-electron chi connectivity index (χ2n) is 3.13. The van der Waals surface area contributed by atoms with Crippen molar-refractivity contribution >= 4 is 32.9 Å². The van der Waals surface area contributed by atoms with Crippen LogP contribution in [0.5, 0.6) is 5.75 Å². The fourth-order valence-electron chi connectivity index (χ4n) is 1.49. The molecule has 0 radical (unpaired) electrons. The largest absolute Gasteiger partial charge is 0.507 e. The van der Waals surface area contributed by atoms with E-state index in [4.69, 9.17) is 9.52 Å². The molecule has 0 spiro atoms. The van der Waals surface area contributed by atoms with Gasteiger partial charge in [0.15, 0.2) is 0 Å². The van der Waals surface area contributed by atoms with Crippen LogP contribution in [0.3, 0.4) is 0 Å². The molecule has 0 bridgehead atoms. The quantitative estimate of drug-likeness (QED) is 0.836. The van der Waals surface area contributed by atoms with Gasteiger partial charge in [-0.1, -0.05) is 0 Å². The molecule has 0 aliphatic heterocycles. The van der Waals surface area contributed by atoms with Crippen molar-refractivity contribution in [2.45, 2.75) is 6.92 Å². The zero-order valence-electron chi connectivity index (χ0n) is 7.74. The number of hydrogen-bond acceptors (Lipinski definition) is 3. The van der Waals surface area contributed by atoms with E-state index in [9.17, 15) is 9.90 Å². The van der Waals surface area contributed by atoms with Crippen LogP contribution in [0.1, 0.15) is 16.1 Å². The molecule has 78 valence electrons. The molecule has 2 rings (SSSR count). The first-order chi connectivity index (χ1) is 7.02. The molecule has 15 heavy (non-hydrogen) atoms. The number of halogens is 1. The lowest BCUT2D eigenvalue weighted by Gasteiger charge is -1.97. The molecule has 0 saturated heterocycles. The standard InChI is InChI=1S/C10H7BrO4/c1-4-7-6(15-9(4)10(13)14)3-2-5(12)8(7)11/h2-3,12H,1H3,(H,13,14). The molecule has 0 saturated carbocycles. The second-order valence-corrected chi connectivity index (χ2v) is 3.93. The van der Waals surface area contributed by atoms with Crippen molar-refractivity contribution in [2.24, 2.45) is 0 Å². The second kappa shape index (κ2) is 3.27. The number of phenolic OH excluding ortho intramolecular Hbond substituents is 1. The van der Waals surface area contributed by atoms with Gasteiger partial charge in [0.2, 0.25) is 5.76 Å². The van der Waals surface area contributed by atoms with Gasteiger partial charge in [-0.3, -0.25) is 0 Å². The Labute approximate surface area is 93.3 Å². The van der Waals surface area contributed by atoms with E-state index in [1.54, 1.807) is 6.92 Å². The van der Waals surface area contributed by atoms with E-state index in [1.165, 1.54) is 12.1 Å². The number of carboxylic acids is 1. The lowest BCUT2D eigenvalue weighted by atomic mass is 10.1. The third-order valence-electron chi connectivity index (χ3n) is 2.21. The molecule has 0 fully saturated rings. The number of rotatable bonds is 1. The Hall–Kier alpha value is -1.49. The Kier molecular flexibility index (Phi) is 2.19. The van der Waals surface area contributed by atoms with Crippen molar-refractivity contribution < 1.29 is 19.4 Å². The summed E-state index contributed by atoms with van der Waals surface area (Å²) in [7, 11) is 0. The summed E-state index contributed by atoms with van der Waals surface area (Å²) in [5.41, 5.74) is 0.940. The number of hydrogen-bond donors (Lipinski definition) is 2. The average Bonchev–Trinajstić information content (AvgIpc) is 2.50. The van der Waals surface area contributed by atoms with Gasteiger partial charge in [0.1, 0.15) is 11.3 Å². The summed E-state index contributed by atoms with van der Waals surface area (Å²) in [4.78, 5) is 10.8. The summed E-state index contributed by atoms with van der Waals surface area (Å²) in [6.45, 7) is 1.64. The number of benzene rings is 1. The first-order valence-electron chi connectivity index (χ1n) is 4.16. The van der Waals surface area contributed by atoms with Crippen LogP contribution in [0, 0.1) is 6.92 Å². The Morgan fingerprint density at radius 2 is 2.13 bits per heavy atom. The van der Waals surface area contributed by atoms with Gasteiger partial charge in [-0.05, 0) is 35.0 Å². The van der Waals surface area contributed by atoms with Crippen molar-refractivity contribution in [3.63, 3.8) is 0 Å². The van der Waals surface area contributed by atoms with Gasteiger partial charge in [-0.25, -0.2) is 4.79 Å². The smallest absolute Gasteiger partial charge is 0.372 e. The minimum Gasteiger partial charge on any atom is -0.507 e. The van der Waals surface area contributed by atoms with Crippen LogP contribution in [0.25, 0.3) is 11.0 Å². The number of aromatic hydroxyl groups is 1. The number of fused-ring (bicyclic) bond motifs is 1. The minimum atomic E-state index is -1.12. The van der Waals surface area contributed by atoms with Gasteiger partial charge < -0.3 is 14.6 Å². The molecule has 0 aliphatic carbocycles. The van der Waals surface area contributed by atoms with E-state index in [2.05, 4.69) is 15.9 Å². The maximum Gasteiger partial charge on any atom is 0.372 e. The topological polar surface area (TPSA) is 70.7 Å². The van der Waals surface area contributed by atoms with E-state index in [1.807, 2.05) is 0 Å². The highest BCUT2D eigenvalue weighted by Gasteiger charge is 2.19. The summed E-state index contributed by atoms with van der Waals surface area (Å²) >= 11 is 3.19. The molecule has 0 amide bonds. The van der Waals surface area contributed by atoms with Crippen LogP contribution in [0.2, 0.25) is 0 Å². The molecule has 4 nitrogen and oxygen atoms in total. The normalized spacial score (nSPS) is 10.8. The molecule has 0 aliphatic rings. The van der Waals surface area contributed by atoms with Gasteiger partial charge in [0.25, 0.3) is 0 Å². The number of aromatic carboxylic acids is 1. The number of carboxylic acid groups (broad SMARTS) is 1. The molecule has 5 heteroatoms. The number of phenols is 1. The van der Waals surface area contributed by atoms with Gasteiger partial charge in [-0.2, -0.15) is 0 Å². The highest BCUT2D eigenvalue weighted by Crippen LogP contribution is 2.37. The Morgan fingerprint density at radius 1 is 1.47 bits per heavy atom. The van der Waals surface area contributed by atoms with Crippen molar-refractivity contribution in [3.8, 4) is 5.75 Å². The van der Waals surface area contributed by atoms with E-state index in [0.29, 0.717) is 21.0 Å². The highest BCUT2D eigenvalue weighted by atomic mass is 79.9. The summed E-state index contributed by atoms with van der Waals surface area (Å²) in [6, 6.07) is 2.98.